The van der Waals surface area contributed by atoms with Crippen molar-refractivity contribution in [1.82, 2.24) is 0 Å². The molecule has 2 saturated carbocycles. The Labute approximate surface area is 226 Å². The Bertz CT molecular complexity index is 1480. The average Bonchev–Trinajstić information content (AvgIpc) is 3.18. The lowest BCUT2D eigenvalue weighted by molar-refractivity contribution is -0.128. The van der Waals surface area contributed by atoms with Gasteiger partial charge in [0.25, 0.3) is 0 Å². The molecule has 5 nitrogen and oxygen atoms in total. The van der Waals surface area contributed by atoms with E-state index in [0.29, 0.717) is 29.0 Å². The quantitative estimate of drug-likeness (QED) is 0.235. The summed E-state index contributed by atoms with van der Waals surface area (Å²) in [5.74, 6) is -0.417. The topological polar surface area (TPSA) is 77.5 Å². The van der Waals surface area contributed by atoms with E-state index in [4.69, 9.17) is 15.8 Å². The number of hydrogen-bond acceptors (Lipinski definition) is 6. The largest absolute Gasteiger partial charge is 0.382 e. The number of halogens is 1. The van der Waals surface area contributed by atoms with Crippen LogP contribution in [-0.4, -0.2) is 25.2 Å². The zero-order valence-electron chi connectivity index (χ0n) is 20.7. The van der Waals surface area contributed by atoms with Gasteiger partial charge in [-0.1, -0.05) is 74.5 Å². The van der Waals surface area contributed by atoms with Gasteiger partial charge in [0.2, 0.25) is 0 Å². The Morgan fingerprint density at radius 1 is 0.973 bits per heavy atom. The van der Waals surface area contributed by atoms with E-state index in [0.717, 1.165) is 9.79 Å². The SMILES string of the molecule is CC12CCC(C(S(=O)(=O)Oc3ccc(Sc4ccc(C(=O)c5ccccc5)cc4Cl)cc3)C1=O)C2(C)C. The Morgan fingerprint density at radius 3 is 2.24 bits per heavy atom. The first-order chi connectivity index (χ1) is 17.4. The third kappa shape index (κ3) is 4.41. The highest BCUT2D eigenvalue weighted by Crippen LogP contribution is 2.65. The fraction of sp³-hybridized carbons (Fsp3) is 0.310. The summed E-state index contributed by atoms with van der Waals surface area (Å²) in [7, 11) is -4.13. The molecule has 3 aromatic rings. The molecule has 0 aromatic heterocycles. The van der Waals surface area contributed by atoms with Crippen LogP contribution in [0, 0.1) is 16.7 Å². The number of hydrogen-bond donors (Lipinski definition) is 0. The summed E-state index contributed by atoms with van der Waals surface area (Å²) >= 11 is 7.86. The van der Waals surface area contributed by atoms with E-state index in [1.54, 1.807) is 54.6 Å². The van der Waals surface area contributed by atoms with Gasteiger partial charge < -0.3 is 4.18 Å². The molecule has 0 heterocycles. The molecule has 3 unspecified atom stereocenters. The highest BCUT2D eigenvalue weighted by molar-refractivity contribution is 7.99. The third-order valence-electron chi connectivity index (χ3n) is 8.28. The van der Waals surface area contributed by atoms with Gasteiger partial charge >= 0.3 is 10.1 Å². The van der Waals surface area contributed by atoms with Crippen LogP contribution in [0.2, 0.25) is 5.02 Å². The van der Waals surface area contributed by atoms with Crippen LogP contribution in [0.15, 0.2) is 82.6 Å². The van der Waals surface area contributed by atoms with E-state index in [2.05, 4.69) is 0 Å². The van der Waals surface area contributed by atoms with Crippen molar-refractivity contribution in [3.63, 3.8) is 0 Å². The minimum absolute atomic E-state index is 0.104. The number of carbonyl (C=O) groups excluding carboxylic acids is 2. The number of benzene rings is 3. The van der Waals surface area contributed by atoms with Gasteiger partial charge in [-0.3, -0.25) is 9.59 Å². The van der Waals surface area contributed by atoms with Crippen molar-refractivity contribution < 1.29 is 22.2 Å². The second-order valence-corrected chi connectivity index (χ2v) is 13.7. The fourth-order valence-corrected chi connectivity index (χ4v) is 8.69. The van der Waals surface area contributed by atoms with Crippen molar-refractivity contribution in [3.8, 4) is 5.75 Å². The van der Waals surface area contributed by atoms with Gasteiger partial charge in [0, 0.05) is 26.3 Å². The molecule has 2 aliphatic carbocycles. The molecule has 0 N–H and O–H groups in total. The Kier molecular flexibility index (Phi) is 6.54. The van der Waals surface area contributed by atoms with Crippen molar-refractivity contribution in [1.29, 1.82) is 0 Å². The molecule has 37 heavy (non-hydrogen) atoms. The molecule has 0 amide bonds. The molecule has 2 aliphatic rings. The lowest BCUT2D eigenvalue weighted by Crippen LogP contribution is -2.41. The molecule has 3 atom stereocenters. The van der Waals surface area contributed by atoms with Gasteiger partial charge in [-0.2, -0.15) is 8.42 Å². The summed E-state index contributed by atoms with van der Waals surface area (Å²) in [6.45, 7) is 5.85. The van der Waals surface area contributed by atoms with Crippen LogP contribution < -0.4 is 4.18 Å². The second-order valence-electron chi connectivity index (χ2n) is 10.5. The molecule has 192 valence electrons. The molecule has 0 saturated heterocycles. The zero-order valence-corrected chi connectivity index (χ0v) is 23.1. The highest BCUT2D eigenvalue weighted by atomic mass is 35.5. The highest BCUT2D eigenvalue weighted by Gasteiger charge is 2.70. The first-order valence-corrected chi connectivity index (χ1v) is 14.8. The number of ketones is 2. The maximum Gasteiger partial charge on any atom is 0.319 e. The Balaban J connectivity index is 1.28. The first kappa shape index (κ1) is 26.0. The van der Waals surface area contributed by atoms with Crippen molar-refractivity contribution in [2.24, 2.45) is 16.7 Å². The lowest BCUT2D eigenvalue weighted by atomic mass is 9.70. The maximum absolute atomic E-state index is 13.1. The maximum atomic E-state index is 13.1. The second kappa shape index (κ2) is 9.29. The summed E-state index contributed by atoms with van der Waals surface area (Å²) in [6, 6.07) is 20.8. The lowest BCUT2D eigenvalue weighted by Gasteiger charge is -2.32. The minimum Gasteiger partial charge on any atom is -0.382 e. The van der Waals surface area contributed by atoms with Crippen molar-refractivity contribution in [2.45, 2.75) is 48.7 Å². The van der Waals surface area contributed by atoms with Crippen LogP contribution in [-0.2, 0) is 14.9 Å². The van der Waals surface area contributed by atoms with Crippen LogP contribution in [0.4, 0.5) is 0 Å². The third-order valence-corrected chi connectivity index (χ3v) is 11.4. The van der Waals surface area contributed by atoms with E-state index in [1.807, 2.05) is 39.0 Å². The van der Waals surface area contributed by atoms with E-state index in [-0.39, 0.29) is 28.6 Å². The number of fused-ring (bicyclic) bond motifs is 2. The normalized spacial score (nSPS) is 24.3. The van der Waals surface area contributed by atoms with Gasteiger partial charge in [-0.05, 0) is 66.6 Å². The molecule has 2 fully saturated rings. The number of rotatable bonds is 7. The summed E-state index contributed by atoms with van der Waals surface area (Å²) < 4.78 is 31.7. The molecule has 0 spiro atoms. The summed E-state index contributed by atoms with van der Waals surface area (Å²) in [6.07, 6.45) is 1.42. The minimum atomic E-state index is -4.13. The number of carbonyl (C=O) groups is 2. The Morgan fingerprint density at radius 2 is 1.65 bits per heavy atom. The van der Waals surface area contributed by atoms with Crippen LogP contribution >= 0.6 is 23.4 Å². The number of Topliss-reactive ketones (excluding diaryl/α,β-unsaturated/α-hetero) is 1. The van der Waals surface area contributed by atoms with E-state index in [9.17, 15) is 18.0 Å². The van der Waals surface area contributed by atoms with E-state index >= 15 is 0 Å². The van der Waals surface area contributed by atoms with Gasteiger partial charge in [-0.15, -0.1) is 0 Å². The van der Waals surface area contributed by atoms with Crippen LogP contribution in [0.25, 0.3) is 0 Å². The van der Waals surface area contributed by atoms with Crippen molar-refractivity contribution in [2.75, 3.05) is 0 Å². The summed E-state index contributed by atoms with van der Waals surface area (Å²) in [5.41, 5.74) is 0.0717. The molecule has 2 bridgehead atoms. The van der Waals surface area contributed by atoms with Crippen molar-refractivity contribution >= 4 is 45.0 Å². The molecular weight excluding hydrogens is 528 g/mol. The van der Waals surface area contributed by atoms with E-state index < -0.39 is 20.8 Å². The zero-order chi connectivity index (χ0) is 26.6. The predicted molar refractivity (Wildman–Crippen MR) is 145 cm³/mol. The standard InChI is InChI=1S/C29H27ClO5S2/c1-28(2)22-15-16-29(28,3)27(32)26(22)37(33,34)35-20-10-12-21(13-11-20)36-24-14-9-19(17-23(24)30)25(31)18-7-5-4-6-8-18/h4-14,17,22,26H,15-16H2,1-3H3. The van der Waals surface area contributed by atoms with Gasteiger partial charge in [-0.25, -0.2) is 0 Å². The molecule has 0 aliphatic heterocycles. The smallest absolute Gasteiger partial charge is 0.319 e. The first-order valence-electron chi connectivity index (χ1n) is 12.1. The molecule has 5 rings (SSSR count). The van der Waals surface area contributed by atoms with Gasteiger partial charge in [0.05, 0.1) is 5.02 Å². The van der Waals surface area contributed by atoms with Crippen LogP contribution in [0.1, 0.15) is 49.5 Å². The Hall–Kier alpha value is -2.61. The monoisotopic (exact) mass is 554 g/mol. The average molecular weight is 555 g/mol. The van der Waals surface area contributed by atoms with Crippen molar-refractivity contribution in [3.05, 3.63) is 88.9 Å². The van der Waals surface area contributed by atoms with Gasteiger partial charge in [0.15, 0.2) is 16.8 Å². The molecule has 3 aromatic carbocycles. The van der Waals surface area contributed by atoms with Crippen LogP contribution in [0.5, 0.6) is 5.75 Å². The summed E-state index contributed by atoms with van der Waals surface area (Å²) in [5, 5.41) is -0.688. The fourth-order valence-electron chi connectivity index (χ4n) is 5.69. The van der Waals surface area contributed by atoms with Gasteiger partial charge in [0.1, 0.15) is 5.75 Å². The molecular formula is C29H27ClO5S2. The molecule has 8 heteroatoms. The molecule has 0 radical (unpaired) electrons. The predicted octanol–water partition coefficient (Wildman–Crippen LogP) is 6.82. The van der Waals surface area contributed by atoms with E-state index in [1.165, 1.54) is 11.8 Å². The summed E-state index contributed by atoms with van der Waals surface area (Å²) in [4.78, 5) is 27.3. The van der Waals surface area contributed by atoms with Crippen LogP contribution in [0.3, 0.4) is 0 Å².